The van der Waals surface area contributed by atoms with E-state index in [2.05, 4.69) is 10.1 Å². The number of hydrazone groups is 1. The van der Waals surface area contributed by atoms with Gasteiger partial charge in [-0.05, 0) is 24.3 Å². The highest BCUT2D eigenvalue weighted by atomic mass is 16.5. The first-order valence-corrected chi connectivity index (χ1v) is 5.61. The lowest BCUT2D eigenvalue weighted by Crippen LogP contribution is -2.19. The van der Waals surface area contributed by atoms with Crippen molar-refractivity contribution in [1.82, 2.24) is 4.98 Å². The zero-order valence-corrected chi connectivity index (χ0v) is 9.60. The fraction of sp³-hybridized carbons (Fsp3) is 0. The molecule has 3 rings (SSSR count). The molecule has 0 fully saturated rings. The maximum atomic E-state index is 5.38. The van der Waals surface area contributed by atoms with Gasteiger partial charge in [-0.3, -0.25) is 4.98 Å². The Balaban J connectivity index is 1.93. The zero-order valence-electron chi connectivity index (χ0n) is 9.60. The Morgan fingerprint density at radius 1 is 0.944 bits per heavy atom. The van der Waals surface area contributed by atoms with E-state index in [9.17, 15) is 0 Å². The molecule has 0 bridgehead atoms. The van der Waals surface area contributed by atoms with Gasteiger partial charge in [0.2, 0.25) is 0 Å². The number of hydrogen-bond acceptors (Lipinski definition) is 4. The Kier molecular flexibility index (Phi) is 2.75. The smallest absolute Gasteiger partial charge is 0.262 e. The van der Waals surface area contributed by atoms with Gasteiger partial charge < -0.3 is 4.74 Å². The summed E-state index contributed by atoms with van der Waals surface area (Å²) in [5.41, 5.74) is 1.69. The highest BCUT2D eigenvalue weighted by molar-refractivity contribution is 5.93. The van der Waals surface area contributed by atoms with Gasteiger partial charge in [-0.25, -0.2) is 5.01 Å². The average molecular weight is 237 g/mol. The fourth-order valence-corrected chi connectivity index (χ4v) is 1.63. The number of ether oxygens (including phenoxy) is 1. The Bertz CT molecular complexity index is 579. The first kappa shape index (κ1) is 10.5. The van der Waals surface area contributed by atoms with Crippen LogP contribution >= 0.6 is 0 Å². The summed E-state index contributed by atoms with van der Waals surface area (Å²) in [4.78, 5) is 4.21. The molecule has 1 aliphatic rings. The molecule has 0 unspecified atom stereocenters. The number of pyridine rings is 1. The molecule has 0 spiro atoms. The first-order valence-electron chi connectivity index (χ1n) is 5.61. The lowest BCUT2D eigenvalue weighted by Gasteiger charge is -2.19. The number of benzene rings is 1. The minimum absolute atomic E-state index is 0.488. The molecule has 1 aliphatic heterocycles. The van der Waals surface area contributed by atoms with Crippen molar-refractivity contribution in [2.75, 3.05) is 5.01 Å². The number of hydrogen-bond donors (Lipinski definition) is 0. The van der Waals surface area contributed by atoms with Crippen molar-refractivity contribution < 1.29 is 4.74 Å². The lowest BCUT2D eigenvalue weighted by atomic mass is 10.3. The van der Waals surface area contributed by atoms with E-state index >= 15 is 0 Å². The Morgan fingerprint density at radius 3 is 2.56 bits per heavy atom. The SMILES string of the molecule is C1=CN(c2ccccc2)N=C(c2ccccn2)O1. The summed E-state index contributed by atoms with van der Waals surface area (Å²) < 4.78 is 5.38. The predicted molar refractivity (Wildman–Crippen MR) is 69.9 cm³/mol. The van der Waals surface area contributed by atoms with Crippen LogP contribution in [0.4, 0.5) is 5.69 Å². The van der Waals surface area contributed by atoms with E-state index in [-0.39, 0.29) is 0 Å². The van der Waals surface area contributed by atoms with Gasteiger partial charge in [0.1, 0.15) is 12.0 Å². The normalized spacial score (nSPS) is 14.0. The van der Waals surface area contributed by atoms with Crippen molar-refractivity contribution >= 4 is 11.6 Å². The van der Waals surface area contributed by atoms with E-state index in [1.54, 1.807) is 23.7 Å². The van der Waals surface area contributed by atoms with Crippen LogP contribution in [0.5, 0.6) is 0 Å². The quantitative estimate of drug-likeness (QED) is 0.806. The third-order valence-corrected chi connectivity index (χ3v) is 2.49. The predicted octanol–water partition coefficient (Wildman–Crippen LogP) is 2.75. The van der Waals surface area contributed by atoms with Crippen molar-refractivity contribution in [3.63, 3.8) is 0 Å². The minimum Gasteiger partial charge on any atom is -0.442 e. The first-order chi connectivity index (χ1) is 8.93. The highest BCUT2D eigenvalue weighted by Crippen LogP contribution is 2.17. The monoisotopic (exact) mass is 237 g/mol. The standard InChI is InChI=1S/C14H11N3O/c1-2-6-12(7-3-1)17-10-11-18-14(16-17)13-8-4-5-9-15-13/h1-11H. The van der Waals surface area contributed by atoms with E-state index < -0.39 is 0 Å². The van der Waals surface area contributed by atoms with Crippen molar-refractivity contribution in [3.05, 3.63) is 72.9 Å². The van der Waals surface area contributed by atoms with Crippen LogP contribution in [-0.2, 0) is 4.74 Å². The van der Waals surface area contributed by atoms with Crippen LogP contribution in [0.1, 0.15) is 5.69 Å². The Labute approximate surface area is 105 Å². The van der Waals surface area contributed by atoms with Gasteiger partial charge in [-0.2, -0.15) is 0 Å². The average Bonchev–Trinajstić information content (AvgIpc) is 2.49. The van der Waals surface area contributed by atoms with E-state index in [0.29, 0.717) is 11.6 Å². The summed E-state index contributed by atoms with van der Waals surface area (Å²) in [5.74, 6) is 0.488. The molecule has 0 saturated carbocycles. The number of anilines is 1. The van der Waals surface area contributed by atoms with Gasteiger partial charge in [-0.1, -0.05) is 24.3 Å². The number of aromatic nitrogens is 1. The molecule has 1 aromatic carbocycles. The van der Waals surface area contributed by atoms with Gasteiger partial charge in [0, 0.05) is 6.20 Å². The third-order valence-electron chi connectivity index (χ3n) is 2.49. The van der Waals surface area contributed by atoms with Gasteiger partial charge in [0.15, 0.2) is 0 Å². The van der Waals surface area contributed by atoms with Crippen molar-refractivity contribution in [2.45, 2.75) is 0 Å². The van der Waals surface area contributed by atoms with E-state index in [1.807, 2.05) is 48.5 Å². The van der Waals surface area contributed by atoms with Crippen LogP contribution in [0.2, 0.25) is 0 Å². The van der Waals surface area contributed by atoms with Crippen molar-refractivity contribution in [3.8, 4) is 0 Å². The molecule has 0 radical (unpaired) electrons. The lowest BCUT2D eigenvalue weighted by molar-refractivity contribution is 0.456. The zero-order chi connectivity index (χ0) is 12.2. The highest BCUT2D eigenvalue weighted by Gasteiger charge is 2.12. The van der Waals surface area contributed by atoms with Crippen molar-refractivity contribution in [1.29, 1.82) is 0 Å². The third kappa shape index (κ3) is 2.08. The van der Waals surface area contributed by atoms with E-state index in [0.717, 1.165) is 5.69 Å². The van der Waals surface area contributed by atoms with Gasteiger partial charge >= 0.3 is 0 Å². The number of rotatable bonds is 2. The Hall–Kier alpha value is -2.62. The molecule has 0 atom stereocenters. The minimum atomic E-state index is 0.488. The largest absolute Gasteiger partial charge is 0.442 e. The van der Waals surface area contributed by atoms with Crippen LogP contribution < -0.4 is 5.01 Å². The molecule has 88 valence electrons. The molecule has 2 heterocycles. The topological polar surface area (TPSA) is 37.7 Å². The maximum absolute atomic E-state index is 5.38. The van der Waals surface area contributed by atoms with Crippen molar-refractivity contribution in [2.24, 2.45) is 5.10 Å². The van der Waals surface area contributed by atoms with Crippen LogP contribution in [0.15, 0.2) is 72.3 Å². The summed E-state index contributed by atoms with van der Waals surface area (Å²) in [5, 5.41) is 6.16. The second kappa shape index (κ2) is 4.71. The summed E-state index contributed by atoms with van der Waals surface area (Å²) in [6.07, 6.45) is 5.08. The molecular formula is C14H11N3O. The molecular weight excluding hydrogens is 226 g/mol. The summed E-state index contributed by atoms with van der Waals surface area (Å²) in [6.45, 7) is 0. The number of para-hydroxylation sites is 1. The summed E-state index contributed by atoms with van der Waals surface area (Å²) >= 11 is 0. The summed E-state index contributed by atoms with van der Waals surface area (Å²) in [7, 11) is 0. The van der Waals surface area contributed by atoms with Crippen LogP contribution in [0, 0.1) is 0 Å². The van der Waals surface area contributed by atoms with Crippen LogP contribution in [-0.4, -0.2) is 10.9 Å². The Morgan fingerprint density at radius 2 is 1.78 bits per heavy atom. The summed E-state index contributed by atoms with van der Waals surface area (Å²) in [6, 6.07) is 15.5. The molecule has 2 aromatic rings. The van der Waals surface area contributed by atoms with Crippen LogP contribution in [0.25, 0.3) is 0 Å². The van der Waals surface area contributed by atoms with E-state index in [4.69, 9.17) is 4.74 Å². The van der Waals surface area contributed by atoms with Crippen LogP contribution in [0.3, 0.4) is 0 Å². The molecule has 0 aliphatic carbocycles. The molecule has 4 nitrogen and oxygen atoms in total. The second-order valence-electron chi connectivity index (χ2n) is 3.70. The van der Waals surface area contributed by atoms with Gasteiger partial charge in [0.05, 0.1) is 11.9 Å². The second-order valence-corrected chi connectivity index (χ2v) is 3.70. The molecule has 4 heteroatoms. The van der Waals surface area contributed by atoms with Gasteiger partial charge in [0.25, 0.3) is 5.90 Å². The van der Waals surface area contributed by atoms with E-state index in [1.165, 1.54) is 0 Å². The molecule has 0 N–H and O–H groups in total. The molecule has 0 amide bonds. The van der Waals surface area contributed by atoms with Gasteiger partial charge in [-0.15, -0.1) is 5.10 Å². The maximum Gasteiger partial charge on any atom is 0.262 e. The molecule has 18 heavy (non-hydrogen) atoms. The molecule has 0 saturated heterocycles. The molecule has 1 aromatic heterocycles. The fourth-order valence-electron chi connectivity index (χ4n) is 1.63. The number of nitrogens with zero attached hydrogens (tertiary/aromatic N) is 3.